The smallest absolute Gasteiger partial charge is 0.164 e. The summed E-state index contributed by atoms with van der Waals surface area (Å²) in [5.41, 5.74) is 5.94. The van der Waals surface area contributed by atoms with Crippen molar-refractivity contribution in [1.29, 1.82) is 0 Å². The maximum Gasteiger partial charge on any atom is 0.164 e. The van der Waals surface area contributed by atoms with Crippen LogP contribution in [0.1, 0.15) is 17.3 Å². The number of hydrogen-bond acceptors (Lipinski definition) is 2. The number of pyridine rings is 1. The number of nitrogens with zero attached hydrogens (tertiary/aromatic N) is 1. The lowest BCUT2D eigenvalue weighted by Gasteiger charge is -2.12. The van der Waals surface area contributed by atoms with E-state index in [-0.39, 0.29) is 12.0 Å². The van der Waals surface area contributed by atoms with Gasteiger partial charge in [0.1, 0.15) is 5.82 Å². The monoisotopic (exact) mass is 252 g/mol. The van der Waals surface area contributed by atoms with Crippen molar-refractivity contribution in [3.63, 3.8) is 0 Å². The van der Waals surface area contributed by atoms with Crippen molar-refractivity contribution in [2.75, 3.05) is 0 Å². The average molecular weight is 252 g/mol. The second kappa shape index (κ2) is 5.18. The summed E-state index contributed by atoms with van der Waals surface area (Å²) in [6.07, 6.45) is 1.39. The lowest BCUT2D eigenvalue weighted by Crippen LogP contribution is -2.16. The highest BCUT2D eigenvalue weighted by Gasteiger charge is 2.18. The highest BCUT2D eigenvalue weighted by Crippen LogP contribution is 2.21. The van der Waals surface area contributed by atoms with E-state index in [9.17, 15) is 13.2 Å². The average Bonchev–Trinajstić information content (AvgIpc) is 2.40. The van der Waals surface area contributed by atoms with Crippen LogP contribution in [0.5, 0.6) is 0 Å². The third-order valence-electron chi connectivity index (χ3n) is 2.63. The van der Waals surface area contributed by atoms with Gasteiger partial charge in [-0.2, -0.15) is 0 Å². The van der Waals surface area contributed by atoms with Crippen molar-refractivity contribution in [2.24, 2.45) is 5.73 Å². The molecule has 1 atom stereocenters. The van der Waals surface area contributed by atoms with Gasteiger partial charge in [-0.1, -0.05) is 6.07 Å². The molecule has 0 amide bonds. The number of rotatable bonds is 3. The van der Waals surface area contributed by atoms with Gasteiger partial charge in [0.2, 0.25) is 0 Å². The van der Waals surface area contributed by atoms with Crippen LogP contribution in [0.25, 0.3) is 0 Å². The molecule has 1 heterocycles. The molecule has 0 saturated carbocycles. The zero-order valence-electron chi connectivity index (χ0n) is 9.41. The van der Waals surface area contributed by atoms with E-state index >= 15 is 0 Å². The predicted octanol–water partition coefficient (Wildman–Crippen LogP) is 2.74. The molecule has 0 aliphatic carbocycles. The Labute approximate surface area is 102 Å². The molecule has 1 aromatic heterocycles. The molecule has 0 spiro atoms. The van der Waals surface area contributed by atoms with Gasteiger partial charge < -0.3 is 5.73 Å². The number of halogens is 3. The molecule has 1 aromatic carbocycles. The van der Waals surface area contributed by atoms with Gasteiger partial charge in [0, 0.05) is 11.8 Å². The molecule has 2 aromatic rings. The van der Waals surface area contributed by atoms with E-state index < -0.39 is 23.5 Å². The summed E-state index contributed by atoms with van der Waals surface area (Å²) in [4.78, 5) is 3.99. The van der Waals surface area contributed by atoms with Crippen molar-refractivity contribution in [1.82, 2.24) is 4.98 Å². The zero-order chi connectivity index (χ0) is 13.1. The van der Waals surface area contributed by atoms with E-state index in [1.54, 1.807) is 18.2 Å². The molecule has 1 unspecified atom stereocenters. The van der Waals surface area contributed by atoms with Gasteiger partial charge in [0.15, 0.2) is 11.6 Å². The Morgan fingerprint density at radius 3 is 2.44 bits per heavy atom. The summed E-state index contributed by atoms with van der Waals surface area (Å²) in [5, 5.41) is 0. The van der Waals surface area contributed by atoms with Gasteiger partial charge in [0.05, 0.1) is 11.7 Å². The quantitative estimate of drug-likeness (QED) is 0.853. The molecule has 2 N–H and O–H groups in total. The number of aromatic nitrogens is 1. The van der Waals surface area contributed by atoms with Crippen LogP contribution >= 0.6 is 0 Å². The van der Waals surface area contributed by atoms with Crippen LogP contribution < -0.4 is 5.73 Å². The molecular weight excluding hydrogens is 241 g/mol. The van der Waals surface area contributed by atoms with E-state index in [1.807, 2.05) is 0 Å². The summed E-state index contributed by atoms with van der Waals surface area (Å²) in [6, 6.07) is 6.04. The highest BCUT2D eigenvalue weighted by atomic mass is 19.2. The Morgan fingerprint density at radius 2 is 1.78 bits per heavy atom. The number of benzene rings is 1. The van der Waals surface area contributed by atoms with Crippen LogP contribution in [0.3, 0.4) is 0 Å². The third-order valence-corrected chi connectivity index (χ3v) is 2.63. The van der Waals surface area contributed by atoms with Gasteiger partial charge in [-0.25, -0.2) is 13.2 Å². The molecule has 0 aliphatic rings. The van der Waals surface area contributed by atoms with Crippen LogP contribution in [-0.4, -0.2) is 4.98 Å². The van der Waals surface area contributed by atoms with Crippen LogP contribution in [0.15, 0.2) is 36.5 Å². The van der Waals surface area contributed by atoms with Crippen molar-refractivity contribution < 1.29 is 13.2 Å². The number of hydrogen-bond donors (Lipinski definition) is 1. The van der Waals surface area contributed by atoms with Crippen molar-refractivity contribution in [2.45, 2.75) is 12.5 Å². The second-order valence-electron chi connectivity index (χ2n) is 3.89. The Hall–Kier alpha value is -1.88. The molecule has 94 valence electrons. The van der Waals surface area contributed by atoms with E-state index in [0.717, 1.165) is 12.1 Å². The first-order valence-corrected chi connectivity index (χ1v) is 5.38. The van der Waals surface area contributed by atoms with Crippen LogP contribution in [0.2, 0.25) is 0 Å². The Balaban J connectivity index is 2.27. The fourth-order valence-electron chi connectivity index (χ4n) is 1.68. The minimum absolute atomic E-state index is 0.146. The number of nitrogens with two attached hydrogens (primary N) is 1. The first-order chi connectivity index (χ1) is 8.59. The Morgan fingerprint density at radius 1 is 1.06 bits per heavy atom. The largest absolute Gasteiger partial charge is 0.322 e. The molecule has 0 radical (unpaired) electrons. The minimum atomic E-state index is -1.19. The molecule has 0 saturated heterocycles. The summed E-state index contributed by atoms with van der Waals surface area (Å²) < 4.78 is 39.9. The lowest BCUT2D eigenvalue weighted by molar-refractivity contribution is 0.472. The van der Waals surface area contributed by atoms with E-state index in [1.165, 1.54) is 6.20 Å². The van der Waals surface area contributed by atoms with Gasteiger partial charge in [-0.05, 0) is 30.7 Å². The van der Waals surface area contributed by atoms with Gasteiger partial charge in [-0.3, -0.25) is 4.98 Å². The topological polar surface area (TPSA) is 38.9 Å². The molecule has 2 rings (SSSR count). The van der Waals surface area contributed by atoms with Crippen molar-refractivity contribution >= 4 is 0 Å². The van der Waals surface area contributed by atoms with Crippen LogP contribution in [0.4, 0.5) is 13.2 Å². The Kier molecular flexibility index (Phi) is 3.62. The Bertz CT molecular complexity index is 543. The van der Waals surface area contributed by atoms with Crippen LogP contribution in [-0.2, 0) is 6.42 Å². The minimum Gasteiger partial charge on any atom is -0.322 e. The van der Waals surface area contributed by atoms with Crippen molar-refractivity contribution in [3.05, 3.63) is 65.2 Å². The van der Waals surface area contributed by atoms with E-state index in [4.69, 9.17) is 5.73 Å². The maximum absolute atomic E-state index is 13.4. The van der Waals surface area contributed by atoms with Gasteiger partial charge in [-0.15, -0.1) is 0 Å². The highest BCUT2D eigenvalue weighted by molar-refractivity contribution is 5.23. The summed E-state index contributed by atoms with van der Waals surface area (Å²) in [6.45, 7) is 0. The fraction of sp³-hybridized carbons (Fsp3) is 0.154. The normalized spacial score (nSPS) is 12.4. The summed E-state index contributed by atoms with van der Waals surface area (Å²) in [7, 11) is 0. The lowest BCUT2D eigenvalue weighted by atomic mass is 10.0. The third kappa shape index (κ3) is 2.51. The molecule has 2 nitrogen and oxygen atoms in total. The zero-order valence-corrected chi connectivity index (χ0v) is 9.41. The molecule has 18 heavy (non-hydrogen) atoms. The molecule has 0 aliphatic heterocycles. The standard InChI is InChI=1S/C13H11F3N2/c14-9-4-5-10(15)13(16)8(9)7-11(17)12-3-1-2-6-18-12/h1-6,11H,7,17H2. The van der Waals surface area contributed by atoms with Crippen LogP contribution in [0, 0.1) is 17.5 Å². The molecule has 0 fully saturated rings. The molecule has 0 bridgehead atoms. The maximum atomic E-state index is 13.4. The van der Waals surface area contributed by atoms with Crippen molar-refractivity contribution in [3.8, 4) is 0 Å². The van der Waals surface area contributed by atoms with E-state index in [2.05, 4.69) is 4.98 Å². The van der Waals surface area contributed by atoms with Gasteiger partial charge in [0.25, 0.3) is 0 Å². The second-order valence-corrected chi connectivity index (χ2v) is 3.89. The molecular formula is C13H11F3N2. The predicted molar refractivity (Wildman–Crippen MR) is 61.2 cm³/mol. The SMILES string of the molecule is NC(Cc1c(F)ccc(F)c1F)c1ccccn1. The first kappa shape index (κ1) is 12.6. The fourth-order valence-corrected chi connectivity index (χ4v) is 1.68. The van der Waals surface area contributed by atoms with Gasteiger partial charge >= 0.3 is 0 Å². The first-order valence-electron chi connectivity index (χ1n) is 5.38. The summed E-state index contributed by atoms with van der Waals surface area (Å²) in [5.74, 6) is -3.08. The summed E-state index contributed by atoms with van der Waals surface area (Å²) >= 11 is 0. The molecule has 5 heteroatoms. The van der Waals surface area contributed by atoms with E-state index in [0.29, 0.717) is 5.69 Å².